The van der Waals surface area contributed by atoms with Crippen molar-refractivity contribution < 1.29 is 14.3 Å². The van der Waals surface area contributed by atoms with E-state index in [1.165, 1.54) is 0 Å². The lowest BCUT2D eigenvalue weighted by Crippen LogP contribution is -2.31. The number of methoxy groups -OCH3 is 1. The maximum absolute atomic E-state index is 13.7. The number of carbonyl (C=O) groups is 2. The van der Waals surface area contributed by atoms with Gasteiger partial charge in [0.1, 0.15) is 11.6 Å². The maximum atomic E-state index is 13.7. The summed E-state index contributed by atoms with van der Waals surface area (Å²) in [6.45, 7) is 8.84. The standard InChI is InChI=1S/C29H39N5O3/c1-29(2,3)22-12-18(13-24(26(22)37-7)33-10-8-9-11-33)25(35)17-34-16-19-14-23(32(5)6)21(28(36)31-4)15-20(19)27(34)30/h12-15,30H,8-11,16-17H2,1-7H3,(H,31,36). The van der Waals surface area contributed by atoms with E-state index in [-0.39, 0.29) is 29.5 Å². The maximum Gasteiger partial charge on any atom is 0.253 e. The highest BCUT2D eigenvalue weighted by atomic mass is 16.5. The van der Waals surface area contributed by atoms with E-state index in [9.17, 15) is 9.59 Å². The van der Waals surface area contributed by atoms with E-state index in [0.29, 0.717) is 23.2 Å². The number of amidine groups is 1. The van der Waals surface area contributed by atoms with Crippen molar-refractivity contribution >= 4 is 28.9 Å². The van der Waals surface area contributed by atoms with Gasteiger partial charge < -0.3 is 24.8 Å². The average molecular weight is 506 g/mol. The highest BCUT2D eigenvalue weighted by molar-refractivity contribution is 6.08. The number of ether oxygens (including phenoxy) is 1. The molecule has 0 radical (unpaired) electrons. The number of Topliss-reactive ketones (excluding diaryl/α,β-unsaturated/α-hetero) is 1. The minimum absolute atomic E-state index is 0.0366. The van der Waals surface area contributed by atoms with E-state index < -0.39 is 0 Å². The number of amides is 1. The molecular formula is C29H39N5O3. The van der Waals surface area contributed by atoms with Crippen LogP contribution >= 0.6 is 0 Å². The number of fused-ring (bicyclic) bond motifs is 1. The van der Waals surface area contributed by atoms with E-state index in [0.717, 1.165) is 54.2 Å². The molecule has 0 unspecified atom stereocenters. The fourth-order valence-corrected chi connectivity index (χ4v) is 5.26. The van der Waals surface area contributed by atoms with Crippen LogP contribution in [0.15, 0.2) is 24.3 Å². The second-order valence-electron chi connectivity index (χ2n) is 11.1. The number of rotatable bonds is 7. The molecule has 0 aliphatic carbocycles. The predicted octanol–water partition coefficient (Wildman–Crippen LogP) is 4.04. The van der Waals surface area contributed by atoms with Crippen molar-refractivity contribution in [1.29, 1.82) is 5.41 Å². The first-order chi connectivity index (χ1) is 17.5. The molecule has 2 aliphatic heterocycles. The molecule has 8 heteroatoms. The molecule has 0 saturated carbocycles. The third-order valence-corrected chi connectivity index (χ3v) is 7.29. The van der Waals surface area contributed by atoms with E-state index in [1.54, 1.807) is 25.1 Å². The molecule has 0 bridgehead atoms. The van der Waals surface area contributed by atoms with E-state index >= 15 is 0 Å². The molecule has 2 N–H and O–H groups in total. The Morgan fingerprint density at radius 2 is 1.78 bits per heavy atom. The van der Waals surface area contributed by atoms with Gasteiger partial charge in [-0.15, -0.1) is 0 Å². The fourth-order valence-electron chi connectivity index (χ4n) is 5.26. The first-order valence-corrected chi connectivity index (χ1v) is 12.9. The highest BCUT2D eigenvalue weighted by Gasteiger charge is 2.31. The minimum Gasteiger partial charge on any atom is -0.494 e. The van der Waals surface area contributed by atoms with Gasteiger partial charge in [-0.25, -0.2) is 0 Å². The number of hydrogen-bond acceptors (Lipinski definition) is 6. The molecule has 0 aromatic heterocycles. The summed E-state index contributed by atoms with van der Waals surface area (Å²) in [5.74, 6) is 0.870. The van der Waals surface area contributed by atoms with Gasteiger partial charge in [-0.1, -0.05) is 20.8 Å². The van der Waals surface area contributed by atoms with E-state index in [4.69, 9.17) is 10.1 Å². The van der Waals surface area contributed by atoms with Gasteiger partial charge in [0, 0.05) is 63.2 Å². The van der Waals surface area contributed by atoms with Crippen molar-refractivity contribution in [3.63, 3.8) is 0 Å². The second-order valence-corrected chi connectivity index (χ2v) is 11.1. The third kappa shape index (κ3) is 5.02. The first-order valence-electron chi connectivity index (χ1n) is 12.9. The summed E-state index contributed by atoms with van der Waals surface area (Å²) in [5, 5.41) is 11.5. The summed E-state index contributed by atoms with van der Waals surface area (Å²) in [4.78, 5) is 32.2. The Morgan fingerprint density at radius 3 is 2.35 bits per heavy atom. The van der Waals surface area contributed by atoms with Crippen LogP contribution in [0.5, 0.6) is 5.75 Å². The molecular weight excluding hydrogens is 466 g/mol. The average Bonchev–Trinajstić information content (AvgIpc) is 3.49. The quantitative estimate of drug-likeness (QED) is 0.552. The molecule has 2 aromatic carbocycles. The molecule has 198 valence electrons. The predicted molar refractivity (Wildman–Crippen MR) is 149 cm³/mol. The Bertz CT molecular complexity index is 1240. The van der Waals surface area contributed by atoms with Crippen LogP contribution in [0.2, 0.25) is 0 Å². The lowest BCUT2D eigenvalue weighted by molar-refractivity contribution is 0.0955. The Balaban J connectivity index is 1.66. The van der Waals surface area contributed by atoms with Crippen molar-refractivity contribution in [2.75, 3.05) is 57.7 Å². The number of carbonyl (C=O) groups excluding carboxylic acids is 2. The SMILES string of the molecule is CNC(=O)c1cc2c(cc1N(C)C)CN(CC(=O)c1cc(N3CCCC3)c(OC)c(C(C)(C)C)c1)C2=N. The Morgan fingerprint density at radius 1 is 1.11 bits per heavy atom. The lowest BCUT2D eigenvalue weighted by atomic mass is 9.84. The fraction of sp³-hybridized carbons (Fsp3) is 0.483. The lowest BCUT2D eigenvalue weighted by Gasteiger charge is -2.29. The van der Waals surface area contributed by atoms with Gasteiger partial charge >= 0.3 is 0 Å². The number of benzene rings is 2. The summed E-state index contributed by atoms with van der Waals surface area (Å²) in [7, 11) is 7.08. The zero-order chi connectivity index (χ0) is 27.1. The van der Waals surface area contributed by atoms with Crippen LogP contribution in [0, 0.1) is 5.41 Å². The molecule has 8 nitrogen and oxygen atoms in total. The molecule has 37 heavy (non-hydrogen) atoms. The molecule has 1 amide bonds. The largest absolute Gasteiger partial charge is 0.494 e. The molecule has 2 heterocycles. The molecule has 0 atom stereocenters. The molecule has 1 fully saturated rings. The van der Waals surface area contributed by atoms with E-state index in [2.05, 4.69) is 31.0 Å². The molecule has 4 rings (SSSR count). The normalized spacial score (nSPS) is 15.2. The Kier molecular flexibility index (Phi) is 7.22. The molecule has 0 spiro atoms. The summed E-state index contributed by atoms with van der Waals surface area (Å²) < 4.78 is 5.88. The zero-order valence-corrected chi connectivity index (χ0v) is 23.1. The van der Waals surface area contributed by atoms with Gasteiger partial charge in [0.15, 0.2) is 5.78 Å². The first kappa shape index (κ1) is 26.5. The van der Waals surface area contributed by atoms with E-state index in [1.807, 2.05) is 37.2 Å². The van der Waals surface area contributed by atoms with Gasteiger partial charge in [0.05, 0.1) is 24.9 Å². The topological polar surface area (TPSA) is 89.0 Å². The zero-order valence-electron chi connectivity index (χ0n) is 23.1. The van der Waals surface area contributed by atoms with Crippen LogP contribution in [0.25, 0.3) is 0 Å². The minimum atomic E-state index is -0.203. The Labute approximate surface area is 220 Å². The van der Waals surface area contributed by atoms with Crippen LogP contribution in [-0.2, 0) is 12.0 Å². The van der Waals surface area contributed by atoms with Gasteiger partial charge in [-0.05, 0) is 48.1 Å². The van der Waals surface area contributed by atoms with Crippen molar-refractivity contribution in [2.45, 2.75) is 45.6 Å². The molecule has 1 saturated heterocycles. The van der Waals surface area contributed by atoms with Gasteiger partial charge in [-0.2, -0.15) is 0 Å². The van der Waals surface area contributed by atoms with Crippen LogP contribution < -0.4 is 19.9 Å². The van der Waals surface area contributed by atoms with Crippen LogP contribution in [0.4, 0.5) is 11.4 Å². The summed E-state index contributed by atoms with van der Waals surface area (Å²) >= 11 is 0. The van der Waals surface area contributed by atoms with Crippen molar-refractivity contribution in [3.8, 4) is 5.75 Å². The third-order valence-electron chi connectivity index (χ3n) is 7.29. The molecule has 2 aromatic rings. The Hall–Kier alpha value is -3.55. The second kappa shape index (κ2) is 10.1. The van der Waals surface area contributed by atoms with Gasteiger partial charge in [0.25, 0.3) is 5.91 Å². The summed E-state index contributed by atoms with van der Waals surface area (Å²) in [6, 6.07) is 7.65. The van der Waals surface area contributed by atoms with Crippen molar-refractivity contribution in [2.24, 2.45) is 0 Å². The number of nitrogens with one attached hydrogen (secondary N) is 2. The van der Waals surface area contributed by atoms with Crippen LogP contribution in [0.1, 0.15) is 71.0 Å². The van der Waals surface area contributed by atoms with Gasteiger partial charge in [-0.3, -0.25) is 15.0 Å². The molecule has 2 aliphatic rings. The number of anilines is 2. The number of ketones is 1. The monoisotopic (exact) mass is 505 g/mol. The smallest absolute Gasteiger partial charge is 0.253 e. The van der Waals surface area contributed by atoms with Gasteiger partial charge in [0.2, 0.25) is 0 Å². The van der Waals surface area contributed by atoms with Crippen molar-refractivity contribution in [1.82, 2.24) is 10.2 Å². The summed E-state index contributed by atoms with van der Waals surface area (Å²) in [6.07, 6.45) is 2.25. The summed E-state index contributed by atoms with van der Waals surface area (Å²) in [5.41, 5.74) is 5.36. The van der Waals surface area contributed by atoms with Crippen molar-refractivity contribution in [3.05, 3.63) is 52.1 Å². The number of nitrogens with zero attached hydrogens (tertiary/aromatic N) is 3. The van der Waals surface area contributed by atoms with Crippen LogP contribution in [-0.4, -0.2) is 70.3 Å². The van der Waals surface area contributed by atoms with Crippen LogP contribution in [0.3, 0.4) is 0 Å². The number of hydrogen-bond donors (Lipinski definition) is 2. The highest BCUT2D eigenvalue weighted by Crippen LogP contribution is 2.41.